The third-order valence-corrected chi connectivity index (χ3v) is 6.11. The summed E-state index contributed by atoms with van der Waals surface area (Å²) in [5, 5.41) is 8.53. The van der Waals surface area contributed by atoms with E-state index >= 15 is 0 Å². The number of aromatic nitrogens is 3. The normalized spacial score (nSPS) is 24.4. The highest BCUT2D eigenvalue weighted by Gasteiger charge is 2.49. The molecule has 7 nitrogen and oxygen atoms in total. The van der Waals surface area contributed by atoms with Crippen molar-refractivity contribution in [2.75, 3.05) is 25.4 Å². The van der Waals surface area contributed by atoms with Crippen LogP contribution in [0.15, 0.2) is 11.5 Å². The summed E-state index contributed by atoms with van der Waals surface area (Å²) < 4.78 is 1.80. The second-order valence-electron chi connectivity index (χ2n) is 7.05. The molecule has 132 valence electrons. The zero-order chi connectivity index (χ0) is 17.3. The maximum Gasteiger partial charge on any atom is 0.233 e. The predicted molar refractivity (Wildman–Crippen MR) is 91.4 cm³/mol. The fraction of sp³-hybridized carbons (Fsp3) is 0.750. The minimum Gasteiger partial charge on any atom is -0.341 e. The highest BCUT2D eigenvalue weighted by atomic mass is 32.2. The van der Waals surface area contributed by atoms with Gasteiger partial charge in [0, 0.05) is 32.7 Å². The number of thioether (sulfide) groups is 1. The van der Waals surface area contributed by atoms with Gasteiger partial charge in [0.15, 0.2) is 5.16 Å². The highest BCUT2D eigenvalue weighted by molar-refractivity contribution is 7.99. The molecule has 0 aliphatic carbocycles. The molecule has 3 heterocycles. The molecule has 2 fully saturated rings. The van der Waals surface area contributed by atoms with E-state index in [9.17, 15) is 9.59 Å². The molecule has 1 spiro atoms. The van der Waals surface area contributed by atoms with Gasteiger partial charge < -0.3 is 14.4 Å². The van der Waals surface area contributed by atoms with E-state index in [1.807, 2.05) is 16.8 Å². The predicted octanol–water partition coefficient (Wildman–Crippen LogP) is 1.16. The van der Waals surface area contributed by atoms with Crippen molar-refractivity contribution in [3.05, 3.63) is 6.33 Å². The van der Waals surface area contributed by atoms with E-state index in [0.717, 1.165) is 31.0 Å². The Morgan fingerprint density at radius 1 is 1.38 bits per heavy atom. The molecular weight excluding hydrogens is 326 g/mol. The van der Waals surface area contributed by atoms with E-state index in [1.54, 1.807) is 10.9 Å². The number of aryl methyl sites for hydroxylation is 1. The number of hydrogen-bond donors (Lipinski definition) is 0. The number of carbonyl (C=O) groups is 2. The first-order chi connectivity index (χ1) is 11.4. The maximum atomic E-state index is 12.9. The Kier molecular flexibility index (Phi) is 4.85. The molecule has 2 aliphatic heterocycles. The Balaban J connectivity index is 1.61. The number of rotatable bonds is 4. The minimum atomic E-state index is -0.354. The molecular formula is C16H25N5O2S. The molecule has 2 saturated heterocycles. The van der Waals surface area contributed by atoms with Crippen LogP contribution in [0.25, 0.3) is 0 Å². The van der Waals surface area contributed by atoms with E-state index in [2.05, 4.69) is 24.0 Å². The molecule has 8 heteroatoms. The van der Waals surface area contributed by atoms with Crippen LogP contribution in [0.1, 0.15) is 33.1 Å². The summed E-state index contributed by atoms with van der Waals surface area (Å²) in [7, 11) is 1.86. The van der Waals surface area contributed by atoms with Gasteiger partial charge in [-0.2, -0.15) is 0 Å². The maximum absolute atomic E-state index is 12.9. The highest BCUT2D eigenvalue weighted by Crippen LogP contribution is 2.40. The summed E-state index contributed by atoms with van der Waals surface area (Å²) >= 11 is 1.39. The smallest absolute Gasteiger partial charge is 0.233 e. The van der Waals surface area contributed by atoms with Crippen molar-refractivity contribution in [3.8, 4) is 0 Å². The lowest BCUT2D eigenvalue weighted by atomic mass is 9.78. The molecule has 2 aliphatic rings. The average Bonchev–Trinajstić information content (AvgIpc) is 3.15. The van der Waals surface area contributed by atoms with Crippen molar-refractivity contribution in [2.24, 2.45) is 12.5 Å². The van der Waals surface area contributed by atoms with Gasteiger partial charge in [-0.15, -0.1) is 10.2 Å². The van der Waals surface area contributed by atoms with Crippen LogP contribution >= 0.6 is 11.8 Å². The summed E-state index contributed by atoms with van der Waals surface area (Å²) in [6.45, 7) is 6.20. The van der Waals surface area contributed by atoms with E-state index in [4.69, 9.17) is 0 Å². The fourth-order valence-electron chi connectivity index (χ4n) is 3.68. The van der Waals surface area contributed by atoms with Gasteiger partial charge >= 0.3 is 0 Å². The number of amides is 2. The molecule has 0 bridgehead atoms. The van der Waals surface area contributed by atoms with Crippen LogP contribution in [-0.2, 0) is 16.6 Å². The average molecular weight is 351 g/mol. The Hall–Kier alpha value is -1.57. The molecule has 1 atom stereocenters. The second kappa shape index (κ2) is 6.74. The van der Waals surface area contributed by atoms with E-state index < -0.39 is 0 Å². The Bertz CT molecular complexity index is 632. The van der Waals surface area contributed by atoms with Gasteiger partial charge in [-0.1, -0.05) is 11.8 Å². The van der Waals surface area contributed by atoms with Gasteiger partial charge in [0.1, 0.15) is 6.33 Å². The lowest BCUT2D eigenvalue weighted by Gasteiger charge is -2.41. The van der Waals surface area contributed by atoms with Crippen LogP contribution in [0.2, 0.25) is 0 Å². The van der Waals surface area contributed by atoms with Gasteiger partial charge in [-0.25, -0.2) is 0 Å². The summed E-state index contributed by atoms with van der Waals surface area (Å²) in [5.74, 6) is 0.652. The van der Waals surface area contributed by atoms with E-state index in [0.29, 0.717) is 18.8 Å². The number of carbonyl (C=O) groups excluding carboxylic acids is 2. The van der Waals surface area contributed by atoms with Crippen molar-refractivity contribution >= 4 is 23.6 Å². The van der Waals surface area contributed by atoms with Crippen LogP contribution in [0.4, 0.5) is 0 Å². The van der Waals surface area contributed by atoms with Crippen LogP contribution in [0, 0.1) is 5.41 Å². The van der Waals surface area contributed by atoms with E-state index in [-0.39, 0.29) is 23.3 Å². The topological polar surface area (TPSA) is 71.3 Å². The lowest BCUT2D eigenvalue weighted by molar-refractivity contribution is -0.148. The first kappa shape index (κ1) is 17.3. The molecule has 1 aromatic rings. The lowest BCUT2D eigenvalue weighted by Crippen LogP contribution is -2.52. The summed E-state index contributed by atoms with van der Waals surface area (Å²) in [4.78, 5) is 29.3. The van der Waals surface area contributed by atoms with Gasteiger partial charge in [0.2, 0.25) is 11.8 Å². The minimum absolute atomic E-state index is 0.0781. The molecule has 24 heavy (non-hydrogen) atoms. The molecule has 0 radical (unpaired) electrons. The van der Waals surface area contributed by atoms with Crippen LogP contribution < -0.4 is 0 Å². The molecule has 1 aromatic heterocycles. The monoisotopic (exact) mass is 351 g/mol. The quantitative estimate of drug-likeness (QED) is 0.761. The van der Waals surface area contributed by atoms with Crippen molar-refractivity contribution in [1.82, 2.24) is 24.6 Å². The molecule has 1 unspecified atom stereocenters. The van der Waals surface area contributed by atoms with Crippen molar-refractivity contribution in [3.63, 3.8) is 0 Å². The Morgan fingerprint density at radius 3 is 2.83 bits per heavy atom. The summed E-state index contributed by atoms with van der Waals surface area (Å²) in [6, 6.07) is 0.228. The Morgan fingerprint density at radius 2 is 2.17 bits per heavy atom. The first-order valence-electron chi connectivity index (χ1n) is 8.48. The van der Waals surface area contributed by atoms with Gasteiger partial charge in [-0.05, 0) is 33.1 Å². The van der Waals surface area contributed by atoms with Crippen LogP contribution in [-0.4, -0.2) is 67.8 Å². The first-order valence-corrected chi connectivity index (χ1v) is 9.47. The summed E-state index contributed by atoms with van der Waals surface area (Å²) in [5.41, 5.74) is -0.354. The number of nitrogens with zero attached hydrogens (tertiary/aromatic N) is 5. The summed E-state index contributed by atoms with van der Waals surface area (Å²) in [6.07, 6.45) is 4.34. The second-order valence-corrected chi connectivity index (χ2v) is 8.00. The van der Waals surface area contributed by atoms with E-state index in [1.165, 1.54) is 11.8 Å². The van der Waals surface area contributed by atoms with Gasteiger partial charge in [-0.3, -0.25) is 9.59 Å². The number of piperidine rings is 1. The zero-order valence-corrected chi connectivity index (χ0v) is 15.4. The largest absolute Gasteiger partial charge is 0.341 e. The van der Waals surface area contributed by atoms with Crippen LogP contribution in [0.5, 0.6) is 0 Å². The number of hydrogen-bond acceptors (Lipinski definition) is 5. The molecule has 0 N–H and O–H groups in total. The fourth-order valence-corrected chi connectivity index (χ4v) is 4.47. The Labute approximate surface area is 146 Å². The zero-order valence-electron chi connectivity index (χ0n) is 14.6. The van der Waals surface area contributed by atoms with Crippen molar-refractivity contribution in [1.29, 1.82) is 0 Å². The van der Waals surface area contributed by atoms with Gasteiger partial charge in [0.25, 0.3) is 0 Å². The molecule has 0 saturated carbocycles. The molecule has 0 aromatic carbocycles. The third-order valence-electron chi connectivity index (χ3n) is 5.09. The standard InChI is InChI=1S/C16H25N5O2S/c1-12(2)21-7-4-5-16(14(21)23)6-8-20(10-16)13(22)9-24-15-18-17-11-19(15)3/h11-12H,4-10H2,1-3H3. The SMILES string of the molecule is CC(C)N1CCCC2(CCN(C(=O)CSc3nncn3C)C2)C1=O. The van der Waals surface area contributed by atoms with Crippen molar-refractivity contribution < 1.29 is 9.59 Å². The number of likely N-dealkylation sites (tertiary alicyclic amines) is 2. The molecule has 3 rings (SSSR count). The molecule has 2 amide bonds. The van der Waals surface area contributed by atoms with Crippen molar-refractivity contribution in [2.45, 2.75) is 44.3 Å². The third kappa shape index (κ3) is 3.16. The van der Waals surface area contributed by atoms with Crippen LogP contribution in [0.3, 0.4) is 0 Å². The van der Waals surface area contributed by atoms with Gasteiger partial charge in [0.05, 0.1) is 11.2 Å².